The third kappa shape index (κ3) is 3.03. The normalized spacial score (nSPS) is 12.9. The summed E-state index contributed by atoms with van der Waals surface area (Å²) in [4.78, 5) is 1.11. The van der Waals surface area contributed by atoms with Gasteiger partial charge in [0.15, 0.2) is 0 Å². The summed E-state index contributed by atoms with van der Waals surface area (Å²) in [5, 5.41) is 9.36. The second-order valence-electron chi connectivity index (χ2n) is 3.08. The standard InChI is InChI=1S/C10H15NOS/c1-7-3-4-8(2)9(5-7)13-10(12)6-11/h3-5,10,12H,6,11H2,1-2H3. The number of benzene rings is 1. The van der Waals surface area contributed by atoms with E-state index in [0.29, 0.717) is 0 Å². The Morgan fingerprint density at radius 2 is 2.15 bits per heavy atom. The SMILES string of the molecule is Cc1ccc(C)c(SC(O)CN)c1. The van der Waals surface area contributed by atoms with Gasteiger partial charge in [-0.2, -0.15) is 0 Å². The van der Waals surface area contributed by atoms with Crippen LogP contribution in [0.4, 0.5) is 0 Å². The van der Waals surface area contributed by atoms with E-state index in [1.807, 2.05) is 13.8 Å². The van der Waals surface area contributed by atoms with Crippen LogP contribution < -0.4 is 5.73 Å². The van der Waals surface area contributed by atoms with Crippen molar-refractivity contribution < 1.29 is 5.11 Å². The van der Waals surface area contributed by atoms with Crippen LogP contribution in [0.5, 0.6) is 0 Å². The molecule has 2 nitrogen and oxygen atoms in total. The van der Waals surface area contributed by atoms with Gasteiger partial charge in [-0.25, -0.2) is 0 Å². The van der Waals surface area contributed by atoms with Crippen LogP contribution in [-0.4, -0.2) is 17.1 Å². The first-order valence-electron chi connectivity index (χ1n) is 4.25. The highest BCUT2D eigenvalue weighted by molar-refractivity contribution is 7.99. The van der Waals surface area contributed by atoms with Crippen molar-refractivity contribution >= 4 is 11.8 Å². The predicted octanol–water partition coefficient (Wildman–Crippen LogP) is 1.67. The quantitative estimate of drug-likeness (QED) is 0.572. The van der Waals surface area contributed by atoms with Crippen molar-refractivity contribution in [3.63, 3.8) is 0 Å². The van der Waals surface area contributed by atoms with Crippen molar-refractivity contribution in [3.05, 3.63) is 29.3 Å². The number of nitrogens with two attached hydrogens (primary N) is 1. The maximum Gasteiger partial charge on any atom is 0.116 e. The summed E-state index contributed by atoms with van der Waals surface area (Å²) >= 11 is 1.41. The summed E-state index contributed by atoms with van der Waals surface area (Å²) in [5.74, 6) is 0. The van der Waals surface area contributed by atoms with Gasteiger partial charge in [-0.1, -0.05) is 23.9 Å². The monoisotopic (exact) mass is 197 g/mol. The molecule has 1 aromatic rings. The van der Waals surface area contributed by atoms with E-state index >= 15 is 0 Å². The van der Waals surface area contributed by atoms with Crippen LogP contribution >= 0.6 is 11.8 Å². The zero-order chi connectivity index (χ0) is 9.84. The molecule has 0 aliphatic rings. The predicted molar refractivity (Wildman–Crippen MR) is 56.8 cm³/mol. The Morgan fingerprint density at radius 3 is 2.77 bits per heavy atom. The van der Waals surface area contributed by atoms with Gasteiger partial charge in [0.2, 0.25) is 0 Å². The molecule has 0 spiro atoms. The molecule has 1 rings (SSSR count). The average molecular weight is 197 g/mol. The fraction of sp³-hybridized carbons (Fsp3) is 0.400. The number of aryl methyl sites for hydroxylation is 2. The van der Waals surface area contributed by atoms with Crippen LogP contribution in [0.3, 0.4) is 0 Å². The zero-order valence-electron chi connectivity index (χ0n) is 7.95. The zero-order valence-corrected chi connectivity index (χ0v) is 8.77. The summed E-state index contributed by atoms with van der Waals surface area (Å²) in [7, 11) is 0. The molecule has 3 N–H and O–H groups in total. The Labute approximate surface area is 83.1 Å². The molecular weight excluding hydrogens is 182 g/mol. The molecule has 0 amide bonds. The number of thioether (sulfide) groups is 1. The minimum Gasteiger partial charge on any atom is -0.381 e. The number of rotatable bonds is 3. The molecule has 72 valence electrons. The summed E-state index contributed by atoms with van der Waals surface area (Å²) < 4.78 is 0. The Morgan fingerprint density at radius 1 is 1.46 bits per heavy atom. The highest BCUT2D eigenvalue weighted by Crippen LogP contribution is 2.25. The Bertz CT molecular complexity index is 288. The van der Waals surface area contributed by atoms with Gasteiger partial charge in [-0.15, -0.1) is 0 Å². The van der Waals surface area contributed by atoms with Gasteiger partial charge in [-0.05, 0) is 31.0 Å². The highest BCUT2D eigenvalue weighted by atomic mass is 32.2. The molecule has 13 heavy (non-hydrogen) atoms. The van der Waals surface area contributed by atoms with E-state index in [2.05, 4.69) is 18.2 Å². The van der Waals surface area contributed by atoms with Crippen molar-refractivity contribution in [2.24, 2.45) is 5.73 Å². The van der Waals surface area contributed by atoms with E-state index in [1.165, 1.54) is 22.9 Å². The molecule has 1 aromatic carbocycles. The summed E-state index contributed by atoms with van der Waals surface area (Å²) in [6, 6.07) is 6.19. The van der Waals surface area contributed by atoms with Gasteiger partial charge in [0, 0.05) is 11.4 Å². The van der Waals surface area contributed by atoms with E-state index in [-0.39, 0.29) is 6.54 Å². The first-order chi connectivity index (χ1) is 6.13. The molecule has 1 unspecified atom stereocenters. The van der Waals surface area contributed by atoms with E-state index in [9.17, 15) is 5.11 Å². The fourth-order valence-electron chi connectivity index (χ4n) is 1.03. The van der Waals surface area contributed by atoms with Gasteiger partial charge in [0.25, 0.3) is 0 Å². The van der Waals surface area contributed by atoms with E-state index in [4.69, 9.17) is 5.73 Å². The van der Waals surface area contributed by atoms with Crippen molar-refractivity contribution in [2.75, 3.05) is 6.54 Å². The van der Waals surface area contributed by atoms with Gasteiger partial charge in [0.05, 0.1) is 0 Å². The fourth-order valence-corrected chi connectivity index (χ4v) is 1.93. The van der Waals surface area contributed by atoms with Crippen LogP contribution in [-0.2, 0) is 0 Å². The molecule has 0 aliphatic heterocycles. The lowest BCUT2D eigenvalue weighted by Crippen LogP contribution is -2.15. The Balaban J connectivity index is 2.81. The van der Waals surface area contributed by atoms with Gasteiger partial charge in [0.1, 0.15) is 5.44 Å². The highest BCUT2D eigenvalue weighted by Gasteiger charge is 2.05. The first kappa shape index (κ1) is 10.6. The summed E-state index contributed by atoms with van der Waals surface area (Å²) in [6.07, 6.45) is 0. The Kier molecular flexibility index (Phi) is 3.78. The lowest BCUT2D eigenvalue weighted by Gasteiger charge is -2.10. The molecule has 0 heterocycles. The number of hydrogen-bond acceptors (Lipinski definition) is 3. The maximum absolute atomic E-state index is 9.36. The van der Waals surface area contributed by atoms with E-state index < -0.39 is 5.44 Å². The molecule has 0 bridgehead atoms. The van der Waals surface area contributed by atoms with E-state index in [0.717, 1.165) is 4.90 Å². The lowest BCUT2D eigenvalue weighted by atomic mass is 10.2. The van der Waals surface area contributed by atoms with Crippen molar-refractivity contribution in [2.45, 2.75) is 24.2 Å². The molecule has 0 saturated heterocycles. The second kappa shape index (κ2) is 4.65. The largest absolute Gasteiger partial charge is 0.381 e. The molecule has 0 fully saturated rings. The van der Waals surface area contributed by atoms with Crippen LogP contribution in [0.15, 0.2) is 23.1 Å². The van der Waals surface area contributed by atoms with Crippen LogP contribution in [0.1, 0.15) is 11.1 Å². The molecular formula is C10H15NOS. The topological polar surface area (TPSA) is 46.2 Å². The maximum atomic E-state index is 9.36. The van der Waals surface area contributed by atoms with Gasteiger partial charge < -0.3 is 10.8 Å². The van der Waals surface area contributed by atoms with Crippen molar-refractivity contribution in [1.29, 1.82) is 0 Å². The molecule has 1 atom stereocenters. The van der Waals surface area contributed by atoms with Gasteiger partial charge >= 0.3 is 0 Å². The number of aliphatic hydroxyl groups excluding tert-OH is 1. The smallest absolute Gasteiger partial charge is 0.116 e. The summed E-state index contributed by atoms with van der Waals surface area (Å²) in [5.41, 5.74) is 7.23. The van der Waals surface area contributed by atoms with Crippen LogP contribution in [0.2, 0.25) is 0 Å². The number of hydrogen-bond donors (Lipinski definition) is 2. The number of aliphatic hydroxyl groups is 1. The third-order valence-corrected chi connectivity index (χ3v) is 2.97. The lowest BCUT2D eigenvalue weighted by molar-refractivity contribution is 0.271. The second-order valence-corrected chi connectivity index (χ2v) is 4.30. The Hall–Kier alpha value is -0.510. The first-order valence-corrected chi connectivity index (χ1v) is 5.13. The molecule has 0 aromatic heterocycles. The average Bonchev–Trinajstić information content (AvgIpc) is 2.11. The molecule has 0 radical (unpaired) electrons. The minimum atomic E-state index is -0.500. The minimum absolute atomic E-state index is 0.290. The molecule has 0 aliphatic carbocycles. The van der Waals surface area contributed by atoms with Crippen LogP contribution in [0.25, 0.3) is 0 Å². The van der Waals surface area contributed by atoms with Crippen molar-refractivity contribution in [1.82, 2.24) is 0 Å². The third-order valence-electron chi connectivity index (χ3n) is 1.81. The molecule has 3 heteroatoms. The van der Waals surface area contributed by atoms with Crippen molar-refractivity contribution in [3.8, 4) is 0 Å². The van der Waals surface area contributed by atoms with E-state index in [1.54, 1.807) is 0 Å². The summed E-state index contributed by atoms with van der Waals surface area (Å²) in [6.45, 7) is 4.36. The van der Waals surface area contributed by atoms with Gasteiger partial charge in [-0.3, -0.25) is 0 Å². The van der Waals surface area contributed by atoms with Crippen LogP contribution in [0, 0.1) is 13.8 Å². The molecule has 0 saturated carbocycles.